The van der Waals surface area contributed by atoms with E-state index < -0.39 is 5.41 Å². The first-order valence-corrected chi connectivity index (χ1v) is 16.2. The number of hydrogen-bond donors (Lipinski definition) is 0. The van der Waals surface area contributed by atoms with E-state index >= 15 is 0 Å². The van der Waals surface area contributed by atoms with E-state index in [1.165, 1.54) is 16.7 Å². The average molecular weight is 631 g/mol. The number of rotatable bonds is 6. The van der Waals surface area contributed by atoms with Crippen LogP contribution in [0.1, 0.15) is 22.3 Å². The van der Waals surface area contributed by atoms with Crippen LogP contribution in [-0.4, -0.2) is 0 Å². The summed E-state index contributed by atoms with van der Waals surface area (Å²) in [6.07, 6.45) is 0. The van der Waals surface area contributed by atoms with Crippen LogP contribution in [0.4, 0.5) is 17.1 Å². The predicted molar refractivity (Wildman–Crippen MR) is 194 cm³/mol. The Balaban J connectivity index is 1.36. The summed E-state index contributed by atoms with van der Waals surface area (Å²) in [5.74, 6) is 0. The van der Waals surface area contributed by atoms with E-state index in [9.17, 15) is 0 Å². The second-order valence-electron chi connectivity index (χ2n) is 11.6. The molecule has 0 bridgehead atoms. The third kappa shape index (κ3) is 4.63. The summed E-state index contributed by atoms with van der Waals surface area (Å²) >= 11 is 13.8. The Morgan fingerprint density at radius 1 is 0.391 bits per heavy atom. The smallest absolute Gasteiger partial charge is 0.0714 e. The predicted octanol–water partition coefficient (Wildman–Crippen LogP) is 12.5. The molecule has 3 heteroatoms. The van der Waals surface area contributed by atoms with E-state index in [0.717, 1.165) is 44.9 Å². The van der Waals surface area contributed by atoms with Gasteiger partial charge in [-0.25, -0.2) is 0 Å². The highest BCUT2D eigenvalue weighted by Crippen LogP contribution is 2.59. The fourth-order valence-electron chi connectivity index (χ4n) is 7.17. The third-order valence-corrected chi connectivity index (χ3v) is 9.49. The Kier molecular flexibility index (Phi) is 7.22. The van der Waals surface area contributed by atoms with Gasteiger partial charge in [-0.05, 0) is 105 Å². The number of benzene rings is 7. The molecule has 0 unspecified atom stereocenters. The Morgan fingerprint density at radius 3 is 1.41 bits per heavy atom. The molecule has 8 rings (SSSR count). The van der Waals surface area contributed by atoms with E-state index in [2.05, 4.69) is 163 Å². The van der Waals surface area contributed by atoms with E-state index in [0.29, 0.717) is 10.0 Å². The number of hydrogen-bond acceptors (Lipinski definition) is 1. The molecule has 0 atom stereocenters. The van der Waals surface area contributed by atoms with Crippen LogP contribution in [0.3, 0.4) is 0 Å². The van der Waals surface area contributed by atoms with Crippen molar-refractivity contribution in [3.8, 4) is 22.3 Å². The molecule has 46 heavy (non-hydrogen) atoms. The minimum atomic E-state index is -0.588. The van der Waals surface area contributed by atoms with Crippen LogP contribution in [0.25, 0.3) is 22.3 Å². The first-order chi connectivity index (χ1) is 22.6. The maximum absolute atomic E-state index is 7.06. The Morgan fingerprint density at radius 2 is 0.870 bits per heavy atom. The largest absolute Gasteiger partial charge is 0.311 e. The fourth-order valence-corrected chi connectivity index (χ4v) is 7.56. The Bertz CT molecular complexity index is 2060. The molecule has 0 radical (unpaired) electrons. The lowest BCUT2D eigenvalue weighted by Crippen LogP contribution is -2.28. The molecule has 0 heterocycles. The molecule has 0 amide bonds. The molecule has 0 aromatic heterocycles. The number of fused-ring (bicyclic) bond motifs is 3. The van der Waals surface area contributed by atoms with Gasteiger partial charge in [0.15, 0.2) is 0 Å². The average Bonchev–Trinajstić information content (AvgIpc) is 3.40. The first kappa shape index (κ1) is 28.4. The molecule has 0 aliphatic heterocycles. The minimum Gasteiger partial charge on any atom is -0.311 e. The molecule has 0 fully saturated rings. The lowest BCUT2D eigenvalue weighted by Gasteiger charge is -2.34. The van der Waals surface area contributed by atoms with Gasteiger partial charge in [0.25, 0.3) is 0 Å². The molecule has 7 aromatic rings. The van der Waals surface area contributed by atoms with Gasteiger partial charge >= 0.3 is 0 Å². The summed E-state index contributed by atoms with van der Waals surface area (Å²) in [5.41, 5.74) is 11.9. The van der Waals surface area contributed by atoms with E-state index in [1.54, 1.807) is 0 Å². The molecule has 1 nitrogen and oxygen atoms in total. The third-order valence-electron chi connectivity index (χ3n) is 9.04. The van der Waals surface area contributed by atoms with Crippen LogP contribution in [0, 0.1) is 0 Å². The maximum Gasteiger partial charge on any atom is 0.0714 e. The summed E-state index contributed by atoms with van der Waals surface area (Å²) < 4.78 is 0. The lowest BCUT2D eigenvalue weighted by atomic mass is 9.67. The van der Waals surface area contributed by atoms with Gasteiger partial charge in [-0.1, -0.05) is 138 Å². The van der Waals surface area contributed by atoms with Crippen molar-refractivity contribution >= 4 is 40.3 Å². The van der Waals surface area contributed by atoms with Crippen LogP contribution >= 0.6 is 23.2 Å². The van der Waals surface area contributed by atoms with Crippen molar-refractivity contribution in [1.29, 1.82) is 0 Å². The quantitative estimate of drug-likeness (QED) is 0.177. The second kappa shape index (κ2) is 11.7. The molecule has 0 spiro atoms. The van der Waals surface area contributed by atoms with Crippen LogP contribution in [0.2, 0.25) is 10.0 Å². The normalized spacial score (nSPS) is 12.7. The van der Waals surface area contributed by atoms with Gasteiger partial charge in [0, 0.05) is 27.1 Å². The summed E-state index contributed by atoms with van der Waals surface area (Å²) in [6, 6.07) is 61.7. The molecule has 1 aliphatic carbocycles. The van der Waals surface area contributed by atoms with Crippen molar-refractivity contribution in [2.24, 2.45) is 0 Å². The van der Waals surface area contributed by atoms with Gasteiger partial charge in [-0.15, -0.1) is 0 Å². The minimum absolute atomic E-state index is 0.588. The molecule has 220 valence electrons. The van der Waals surface area contributed by atoms with Gasteiger partial charge in [0.1, 0.15) is 0 Å². The highest BCUT2D eigenvalue weighted by Gasteiger charge is 2.47. The van der Waals surface area contributed by atoms with Crippen molar-refractivity contribution in [2.75, 3.05) is 4.90 Å². The lowest BCUT2D eigenvalue weighted by molar-refractivity contribution is 0.768. The van der Waals surface area contributed by atoms with E-state index in [1.807, 2.05) is 18.2 Å². The Hall–Kier alpha value is -5.08. The number of nitrogens with zero attached hydrogens (tertiary/aromatic N) is 1. The zero-order valence-corrected chi connectivity index (χ0v) is 26.5. The molecule has 0 saturated carbocycles. The summed E-state index contributed by atoms with van der Waals surface area (Å²) in [7, 11) is 0. The fraction of sp³-hybridized carbons (Fsp3) is 0.0233. The van der Waals surface area contributed by atoms with Crippen molar-refractivity contribution in [2.45, 2.75) is 5.41 Å². The van der Waals surface area contributed by atoms with Crippen LogP contribution in [0.5, 0.6) is 0 Å². The van der Waals surface area contributed by atoms with Gasteiger partial charge in [-0.2, -0.15) is 0 Å². The standard InChI is InChI=1S/C43H29Cl2N/c44-33-23-26-38-40(28-33)43(31-13-5-1-6-14-31,32-15-7-2-8-16-32)41-29-34(45)27-39(42(38)41)30-21-24-37(25-22-30)46(35-17-9-3-10-18-35)36-19-11-4-12-20-36/h1-29H. The summed E-state index contributed by atoms with van der Waals surface area (Å²) in [6.45, 7) is 0. The SMILES string of the molecule is Clc1ccc2c(c1)C(c1ccccc1)(c1ccccc1)c1cc(Cl)cc(-c3ccc(N(c4ccccc4)c4ccccc4)cc3)c1-2. The van der Waals surface area contributed by atoms with E-state index in [4.69, 9.17) is 23.2 Å². The summed E-state index contributed by atoms with van der Waals surface area (Å²) in [5, 5.41) is 1.41. The first-order valence-electron chi connectivity index (χ1n) is 15.4. The van der Waals surface area contributed by atoms with E-state index in [-0.39, 0.29) is 0 Å². The molecule has 0 saturated heterocycles. The van der Waals surface area contributed by atoms with Crippen molar-refractivity contribution < 1.29 is 0 Å². The highest BCUT2D eigenvalue weighted by atomic mass is 35.5. The van der Waals surface area contributed by atoms with Crippen molar-refractivity contribution in [1.82, 2.24) is 0 Å². The van der Waals surface area contributed by atoms with Crippen LogP contribution in [-0.2, 0) is 5.41 Å². The topological polar surface area (TPSA) is 3.24 Å². The van der Waals surface area contributed by atoms with Crippen molar-refractivity contribution in [3.05, 3.63) is 208 Å². The summed E-state index contributed by atoms with van der Waals surface area (Å²) in [4.78, 5) is 2.28. The number of halogens is 2. The van der Waals surface area contributed by atoms with Gasteiger partial charge < -0.3 is 4.90 Å². The van der Waals surface area contributed by atoms with Gasteiger partial charge in [-0.3, -0.25) is 0 Å². The molecular formula is C43H29Cl2N. The highest BCUT2D eigenvalue weighted by molar-refractivity contribution is 6.32. The zero-order chi connectivity index (χ0) is 31.1. The zero-order valence-electron chi connectivity index (χ0n) is 24.9. The maximum atomic E-state index is 7.06. The molecular weight excluding hydrogens is 601 g/mol. The number of para-hydroxylation sites is 2. The monoisotopic (exact) mass is 629 g/mol. The Labute approximate surface area is 279 Å². The van der Waals surface area contributed by atoms with Gasteiger partial charge in [0.2, 0.25) is 0 Å². The second-order valence-corrected chi connectivity index (χ2v) is 12.5. The molecule has 0 N–H and O–H groups in total. The van der Waals surface area contributed by atoms with Crippen molar-refractivity contribution in [3.63, 3.8) is 0 Å². The van der Waals surface area contributed by atoms with Gasteiger partial charge in [0.05, 0.1) is 5.41 Å². The molecule has 1 aliphatic rings. The number of anilines is 3. The van der Waals surface area contributed by atoms with Crippen LogP contribution in [0.15, 0.2) is 176 Å². The van der Waals surface area contributed by atoms with Crippen LogP contribution < -0.4 is 4.90 Å². The molecule has 7 aromatic carbocycles.